The Labute approximate surface area is 89.1 Å². The number of hydrogen-bond donors (Lipinski definition) is 1. The third-order valence-electron chi connectivity index (χ3n) is 2.35. The Morgan fingerprint density at radius 1 is 1.31 bits per heavy atom. The molecule has 0 radical (unpaired) electrons. The van der Waals surface area contributed by atoms with Crippen molar-refractivity contribution < 1.29 is 18.0 Å². The van der Waals surface area contributed by atoms with E-state index >= 15 is 0 Å². The van der Waals surface area contributed by atoms with Crippen molar-refractivity contribution in [3.05, 3.63) is 35.5 Å². The molecule has 0 spiro atoms. The minimum atomic E-state index is -4.41. The number of carbonyl (C=O) groups excluding carboxylic acids is 1. The van der Waals surface area contributed by atoms with E-state index in [0.717, 1.165) is 6.07 Å². The van der Waals surface area contributed by atoms with Crippen molar-refractivity contribution >= 4 is 16.7 Å². The van der Waals surface area contributed by atoms with Gasteiger partial charge in [0.25, 0.3) is 0 Å². The largest absolute Gasteiger partial charge is 0.417 e. The number of alkyl halides is 3. The van der Waals surface area contributed by atoms with Crippen LogP contribution in [0.5, 0.6) is 0 Å². The Morgan fingerprint density at radius 3 is 2.56 bits per heavy atom. The number of Topliss-reactive ketones (excluding diaryl/α,β-unsaturated/α-hetero) is 1. The van der Waals surface area contributed by atoms with Crippen LogP contribution in [0.3, 0.4) is 0 Å². The molecule has 0 aliphatic rings. The van der Waals surface area contributed by atoms with E-state index in [1.807, 2.05) is 0 Å². The molecule has 0 unspecified atom stereocenters. The van der Waals surface area contributed by atoms with Crippen molar-refractivity contribution in [3.8, 4) is 0 Å². The van der Waals surface area contributed by atoms with Gasteiger partial charge in [-0.25, -0.2) is 0 Å². The van der Waals surface area contributed by atoms with Crippen LogP contribution < -0.4 is 0 Å². The summed E-state index contributed by atoms with van der Waals surface area (Å²) >= 11 is 0. The average molecular weight is 227 g/mol. The van der Waals surface area contributed by atoms with E-state index in [2.05, 4.69) is 4.98 Å². The summed E-state index contributed by atoms with van der Waals surface area (Å²) in [6, 6.07) is 5.06. The maximum Gasteiger partial charge on any atom is 0.417 e. The first-order valence-electron chi connectivity index (χ1n) is 4.59. The van der Waals surface area contributed by atoms with Gasteiger partial charge in [-0.15, -0.1) is 0 Å². The highest BCUT2D eigenvalue weighted by Gasteiger charge is 2.32. The predicted molar refractivity (Wildman–Crippen MR) is 53.3 cm³/mol. The summed E-state index contributed by atoms with van der Waals surface area (Å²) in [4.78, 5) is 13.7. The van der Waals surface area contributed by atoms with Crippen molar-refractivity contribution in [2.45, 2.75) is 13.1 Å². The molecule has 0 saturated carbocycles. The molecule has 1 aromatic heterocycles. The van der Waals surface area contributed by atoms with Crippen LogP contribution in [0.15, 0.2) is 24.3 Å². The highest BCUT2D eigenvalue weighted by molar-refractivity contribution is 5.98. The van der Waals surface area contributed by atoms with Gasteiger partial charge in [-0.3, -0.25) is 4.79 Å². The molecule has 16 heavy (non-hydrogen) atoms. The minimum Gasteiger partial charge on any atom is -0.352 e. The lowest BCUT2D eigenvalue weighted by molar-refractivity contribution is -0.136. The number of benzene rings is 1. The number of hydrogen-bond acceptors (Lipinski definition) is 1. The Morgan fingerprint density at radius 2 is 2.00 bits per heavy atom. The van der Waals surface area contributed by atoms with E-state index in [0.29, 0.717) is 5.52 Å². The maximum atomic E-state index is 12.6. The fraction of sp³-hybridized carbons (Fsp3) is 0.182. The molecule has 5 heteroatoms. The molecule has 0 amide bonds. The average Bonchev–Trinajstić information content (AvgIpc) is 2.58. The van der Waals surface area contributed by atoms with Crippen LogP contribution in [-0.2, 0) is 6.18 Å². The summed E-state index contributed by atoms with van der Waals surface area (Å²) in [5.41, 5.74) is -0.222. The number of aromatic amines is 1. The molecule has 2 aromatic rings. The fourth-order valence-electron chi connectivity index (χ4n) is 1.59. The van der Waals surface area contributed by atoms with Gasteiger partial charge >= 0.3 is 6.18 Å². The van der Waals surface area contributed by atoms with Crippen molar-refractivity contribution in [1.82, 2.24) is 4.98 Å². The van der Waals surface area contributed by atoms with Gasteiger partial charge in [0, 0.05) is 17.8 Å². The summed E-state index contributed by atoms with van der Waals surface area (Å²) in [7, 11) is 0. The van der Waals surface area contributed by atoms with Crippen LogP contribution in [0.4, 0.5) is 13.2 Å². The summed E-state index contributed by atoms with van der Waals surface area (Å²) in [5.74, 6) is -0.288. The zero-order valence-electron chi connectivity index (χ0n) is 8.35. The number of nitrogens with one attached hydrogen (secondary N) is 1. The van der Waals surface area contributed by atoms with E-state index < -0.39 is 11.7 Å². The number of aromatic nitrogens is 1. The second kappa shape index (κ2) is 3.37. The van der Waals surface area contributed by atoms with Crippen LogP contribution in [-0.4, -0.2) is 10.8 Å². The Hall–Kier alpha value is -1.78. The normalized spacial score (nSPS) is 12.0. The van der Waals surface area contributed by atoms with Gasteiger partial charge in [0.2, 0.25) is 0 Å². The monoisotopic (exact) mass is 227 g/mol. The van der Waals surface area contributed by atoms with Gasteiger partial charge in [-0.1, -0.05) is 6.07 Å². The Bertz CT molecular complexity index is 554. The van der Waals surface area contributed by atoms with Gasteiger partial charge in [-0.2, -0.15) is 13.2 Å². The van der Waals surface area contributed by atoms with Gasteiger partial charge in [0.1, 0.15) is 0 Å². The van der Waals surface area contributed by atoms with Gasteiger partial charge in [0.15, 0.2) is 5.78 Å². The number of halogens is 3. The second-order valence-corrected chi connectivity index (χ2v) is 3.50. The topological polar surface area (TPSA) is 32.9 Å². The molecular weight excluding hydrogens is 219 g/mol. The standard InChI is InChI=1S/C11H8F3NO/c1-6(16)10-5-7-8(11(12,13)14)3-2-4-9(7)15-10/h2-5,15H,1H3. The minimum absolute atomic E-state index is 0.0280. The van der Waals surface area contributed by atoms with Crippen molar-refractivity contribution in [2.75, 3.05) is 0 Å². The molecule has 84 valence electrons. The Kier molecular flexibility index (Phi) is 2.26. The summed E-state index contributed by atoms with van der Waals surface area (Å²) in [5, 5.41) is 0.0280. The first-order chi connectivity index (χ1) is 7.39. The van der Waals surface area contributed by atoms with Crippen LogP contribution in [0.25, 0.3) is 10.9 Å². The zero-order valence-corrected chi connectivity index (χ0v) is 8.35. The fourth-order valence-corrected chi connectivity index (χ4v) is 1.59. The molecule has 0 saturated heterocycles. The quantitative estimate of drug-likeness (QED) is 0.744. The van der Waals surface area contributed by atoms with E-state index in [-0.39, 0.29) is 16.9 Å². The lowest BCUT2D eigenvalue weighted by atomic mass is 10.1. The van der Waals surface area contributed by atoms with Crippen molar-refractivity contribution in [1.29, 1.82) is 0 Å². The van der Waals surface area contributed by atoms with E-state index in [9.17, 15) is 18.0 Å². The Balaban J connectivity index is 2.73. The van der Waals surface area contributed by atoms with Crippen molar-refractivity contribution in [3.63, 3.8) is 0 Å². The lowest BCUT2D eigenvalue weighted by Gasteiger charge is -2.06. The molecule has 0 aliphatic carbocycles. The van der Waals surface area contributed by atoms with E-state index in [4.69, 9.17) is 0 Å². The first kappa shape index (κ1) is 10.7. The number of ketones is 1. The predicted octanol–water partition coefficient (Wildman–Crippen LogP) is 3.39. The summed E-state index contributed by atoms with van der Waals surface area (Å²) < 4.78 is 37.9. The number of rotatable bonds is 1. The smallest absolute Gasteiger partial charge is 0.352 e. The molecule has 0 bridgehead atoms. The van der Waals surface area contributed by atoms with E-state index in [1.54, 1.807) is 0 Å². The van der Waals surface area contributed by atoms with Gasteiger partial charge < -0.3 is 4.98 Å². The number of carbonyl (C=O) groups is 1. The second-order valence-electron chi connectivity index (χ2n) is 3.50. The van der Waals surface area contributed by atoms with Crippen LogP contribution >= 0.6 is 0 Å². The highest BCUT2D eigenvalue weighted by atomic mass is 19.4. The van der Waals surface area contributed by atoms with Gasteiger partial charge in [0.05, 0.1) is 11.3 Å². The molecule has 0 aliphatic heterocycles. The van der Waals surface area contributed by atoms with Crippen LogP contribution in [0.1, 0.15) is 23.0 Å². The third kappa shape index (κ3) is 1.68. The molecular formula is C11H8F3NO. The first-order valence-corrected chi connectivity index (χ1v) is 4.59. The summed E-state index contributed by atoms with van der Waals surface area (Å²) in [6.45, 7) is 1.30. The molecule has 0 fully saturated rings. The summed E-state index contributed by atoms with van der Waals surface area (Å²) in [6.07, 6.45) is -4.41. The molecule has 1 aromatic carbocycles. The van der Waals surface area contributed by atoms with Gasteiger partial charge in [-0.05, 0) is 18.2 Å². The number of fused-ring (bicyclic) bond motifs is 1. The third-order valence-corrected chi connectivity index (χ3v) is 2.35. The molecule has 2 nitrogen and oxygen atoms in total. The van der Waals surface area contributed by atoms with E-state index in [1.165, 1.54) is 25.1 Å². The lowest BCUT2D eigenvalue weighted by Crippen LogP contribution is -2.04. The SMILES string of the molecule is CC(=O)c1cc2c(C(F)(F)F)cccc2[nH]1. The highest BCUT2D eigenvalue weighted by Crippen LogP contribution is 2.34. The number of H-pyrrole nitrogens is 1. The van der Waals surface area contributed by atoms with Crippen molar-refractivity contribution in [2.24, 2.45) is 0 Å². The zero-order chi connectivity index (χ0) is 11.9. The maximum absolute atomic E-state index is 12.6. The molecule has 1 N–H and O–H groups in total. The molecule has 0 atom stereocenters. The van der Waals surface area contributed by atoms with Crippen LogP contribution in [0, 0.1) is 0 Å². The molecule has 2 rings (SSSR count). The van der Waals surface area contributed by atoms with Crippen LogP contribution in [0.2, 0.25) is 0 Å². The molecule has 1 heterocycles.